The van der Waals surface area contributed by atoms with Gasteiger partial charge in [-0.3, -0.25) is 0 Å². The van der Waals surface area contributed by atoms with E-state index in [1.54, 1.807) is 7.05 Å². The van der Waals surface area contributed by atoms with Gasteiger partial charge in [-0.2, -0.15) is 4.98 Å². The number of nitrogens with zero attached hydrogens (tertiary/aromatic N) is 3. The molecule has 1 heterocycles. The van der Waals surface area contributed by atoms with E-state index in [2.05, 4.69) is 10.1 Å². The van der Waals surface area contributed by atoms with Crippen molar-refractivity contribution in [2.45, 2.75) is 0 Å². The highest BCUT2D eigenvalue weighted by Crippen LogP contribution is 2.27. The van der Waals surface area contributed by atoms with E-state index in [0.29, 0.717) is 0 Å². The second-order valence-electron chi connectivity index (χ2n) is 3.08. The monoisotopic (exact) mass is 208 g/mol. The van der Waals surface area contributed by atoms with Crippen LogP contribution in [0.4, 0.5) is 10.3 Å². The number of aromatic nitrogens is 3. The van der Waals surface area contributed by atoms with Crippen LogP contribution in [0, 0.1) is 5.82 Å². The topological polar surface area (TPSA) is 77.0 Å². The van der Waals surface area contributed by atoms with E-state index in [0.717, 1.165) is 12.1 Å². The molecule has 0 aliphatic heterocycles. The molecule has 0 spiro atoms. The summed E-state index contributed by atoms with van der Waals surface area (Å²) in [5, 5.41) is 13.4. The zero-order chi connectivity index (χ0) is 11.0. The Morgan fingerprint density at radius 2 is 2.20 bits per heavy atom. The van der Waals surface area contributed by atoms with Gasteiger partial charge in [0.05, 0.1) is 5.56 Å². The fourth-order valence-electron chi connectivity index (χ4n) is 1.20. The van der Waals surface area contributed by atoms with Gasteiger partial charge in [0.25, 0.3) is 0 Å². The summed E-state index contributed by atoms with van der Waals surface area (Å²) in [6.07, 6.45) is 0. The van der Waals surface area contributed by atoms with E-state index in [1.165, 1.54) is 10.7 Å². The third-order valence-electron chi connectivity index (χ3n) is 2.00. The number of nitrogen functional groups attached to an aromatic ring is 1. The number of hydrogen-bond acceptors (Lipinski definition) is 4. The molecule has 1 aromatic heterocycles. The van der Waals surface area contributed by atoms with Gasteiger partial charge < -0.3 is 10.8 Å². The quantitative estimate of drug-likeness (QED) is 0.730. The Bertz CT molecular complexity index is 489. The van der Waals surface area contributed by atoms with Crippen LogP contribution in [0.3, 0.4) is 0 Å². The highest BCUT2D eigenvalue weighted by atomic mass is 19.1. The molecule has 0 unspecified atom stereocenters. The number of aromatic hydroxyl groups is 1. The predicted molar refractivity (Wildman–Crippen MR) is 52.5 cm³/mol. The van der Waals surface area contributed by atoms with E-state index in [9.17, 15) is 9.50 Å². The number of phenols is 1. The first kappa shape index (κ1) is 9.45. The van der Waals surface area contributed by atoms with Crippen LogP contribution in [0.1, 0.15) is 0 Å². The average Bonchev–Trinajstić information content (AvgIpc) is 2.51. The van der Waals surface area contributed by atoms with Crippen LogP contribution < -0.4 is 5.73 Å². The third-order valence-corrected chi connectivity index (χ3v) is 2.00. The molecule has 0 radical (unpaired) electrons. The minimum absolute atomic E-state index is 0.0815. The molecular weight excluding hydrogens is 199 g/mol. The van der Waals surface area contributed by atoms with E-state index in [4.69, 9.17) is 5.73 Å². The van der Waals surface area contributed by atoms with Crippen molar-refractivity contribution < 1.29 is 9.50 Å². The second-order valence-corrected chi connectivity index (χ2v) is 3.08. The molecule has 5 nitrogen and oxygen atoms in total. The van der Waals surface area contributed by atoms with Crippen LogP contribution in [0.25, 0.3) is 11.4 Å². The summed E-state index contributed by atoms with van der Waals surface area (Å²) in [7, 11) is 1.61. The van der Waals surface area contributed by atoms with Crippen molar-refractivity contribution >= 4 is 5.95 Å². The standard InChI is InChI=1S/C9H9FN4O/c1-14-9(11)12-8(13-14)6-4-5(10)2-3-7(6)15/h2-4,15H,1H3,(H2,11,12,13). The molecule has 0 atom stereocenters. The third kappa shape index (κ3) is 1.61. The predicted octanol–water partition coefficient (Wildman–Crippen LogP) is 0.909. The lowest BCUT2D eigenvalue weighted by Gasteiger charge is -1.99. The van der Waals surface area contributed by atoms with Crippen LogP contribution in [0.15, 0.2) is 18.2 Å². The molecule has 6 heteroatoms. The molecule has 0 fully saturated rings. The van der Waals surface area contributed by atoms with Gasteiger partial charge in [-0.1, -0.05) is 0 Å². The van der Waals surface area contributed by atoms with E-state index in [1.807, 2.05) is 0 Å². The summed E-state index contributed by atoms with van der Waals surface area (Å²) in [6, 6.07) is 3.56. The Balaban J connectivity index is 2.58. The lowest BCUT2D eigenvalue weighted by Crippen LogP contribution is -1.97. The van der Waals surface area contributed by atoms with Crippen molar-refractivity contribution in [2.24, 2.45) is 7.05 Å². The first-order valence-electron chi connectivity index (χ1n) is 4.23. The molecule has 78 valence electrons. The summed E-state index contributed by atoms with van der Waals surface area (Å²) >= 11 is 0. The molecule has 0 bridgehead atoms. The van der Waals surface area contributed by atoms with Crippen LogP contribution in [0.2, 0.25) is 0 Å². The van der Waals surface area contributed by atoms with Gasteiger partial charge in [0.15, 0.2) is 5.82 Å². The molecule has 2 aromatic rings. The molecule has 0 aliphatic rings. The minimum Gasteiger partial charge on any atom is -0.507 e. The maximum absolute atomic E-state index is 12.9. The summed E-state index contributed by atoms with van der Waals surface area (Å²) in [4.78, 5) is 3.89. The first-order valence-corrected chi connectivity index (χ1v) is 4.23. The maximum atomic E-state index is 12.9. The van der Waals surface area contributed by atoms with Crippen molar-refractivity contribution in [3.63, 3.8) is 0 Å². The molecule has 2 rings (SSSR count). The van der Waals surface area contributed by atoms with E-state index in [-0.39, 0.29) is 23.1 Å². The number of aryl methyl sites for hydroxylation is 1. The molecule has 1 aromatic carbocycles. The number of phenolic OH excluding ortho intramolecular Hbond substituents is 1. The lowest BCUT2D eigenvalue weighted by atomic mass is 10.2. The summed E-state index contributed by atoms with van der Waals surface area (Å²) in [5.41, 5.74) is 5.70. The Kier molecular flexibility index (Phi) is 2.03. The number of nitrogens with two attached hydrogens (primary N) is 1. The van der Waals surface area contributed by atoms with Crippen molar-refractivity contribution in [3.8, 4) is 17.1 Å². The molecular formula is C9H9FN4O. The molecule has 0 saturated heterocycles. The Morgan fingerprint density at radius 1 is 1.47 bits per heavy atom. The van der Waals surface area contributed by atoms with Crippen molar-refractivity contribution in [1.82, 2.24) is 14.8 Å². The van der Waals surface area contributed by atoms with Crippen molar-refractivity contribution in [3.05, 3.63) is 24.0 Å². The lowest BCUT2D eigenvalue weighted by molar-refractivity contribution is 0.474. The molecule has 15 heavy (non-hydrogen) atoms. The van der Waals surface area contributed by atoms with Crippen molar-refractivity contribution in [1.29, 1.82) is 0 Å². The average molecular weight is 208 g/mol. The van der Waals surface area contributed by atoms with Gasteiger partial charge in [-0.15, -0.1) is 5.10 Å². The smallest absolute Gasteiger partial charge is 0.218 e. The summed E-state index contributed by atoms with van der Waals surface area (Å²) in [5.74, 6) is -0.142. The second kappa shape index (κ2) is 3.23. The molecule has 0 aliphatic carbocycles. The van der Waals surface area contributed by atoms with E-state index < -0.39 is 5.82 Å². The number of benzene rings is 1. The van der Waals surface area contributed by atoms with Crippen molar-refractivity contribution in [2.75, 3.05) is 5.73 Å². The number of halogens is 1. The van der Waals surface area contributed by atoms with Crippen LogP contribution in [-0.4, -0.2) is 19.9 Å². The molecule has 3 N–H and O–H groups in total. The number of hydrogen-bond donors (Lipinski definition) is 2. The van der Waals surface area contributed by atoms with Gasteiger partial charge in [0.1, 0.15) is 11.6 Å². The molecule has 0 amide bonds. The van der Waals surface area contributed by atoms with E-state index >= 15 is 0 Å². The zero-order valence-corrected chi connectivity index (χ0v) is 7.98. The van der Waals surface area contributed by atoms with Gasteiger partial charge in [-0.05, 0) is 18.2 Å². The fraction of sp³-hybridized carbons (Fsp3) is 0.111. The summed E-state index contributed by atoms with van der Waals surface area (Å²) < 4.78 is 14.3. The largest absolute Gasteiger partial charge is 0.507 e. The Labute approximate surface area is 85.0 Å². The highest BCUT2D eigenvalue weighted by Gasteiger charge is 2.11. The van der Waals surface area contributed by atoms with Gasteiger partial charge in [-0.25, -0.2) is 9.07 Å². The van der Waals surface area contributed by atoms with Gasteiger partial charge in [0, 0.05) is 7.05 Å². The van der Waals surface area contributed by atoms with Gasteiger partial charge in [0.2, 0.25) is 5.95 Å². The fourth-order valence-corrected chi connectivity index (χ4v) is 1.20. The van der Waals surface area contributed by atoms with Gasteiger partial charge >= 0.3 is 0 Å². The van der Waals surface area contributed by atoms with Crippen LogP contribution in [0.5, 0.6) is 5.75 Å². The number of anilines is 1. The first-order chi connectivity index (χ1) is 7.08. The minimum atomic E-state index is -0.464. The Morgan fingerprint density at radius 3 is 2.80 bits per heavy atom. The SMILES string of the molecule is Cn1nc(-c2cc(F)ccc2O)nc1N. The number of rotatable bonds is 1. The maximum Gasteiger partial charge on any atom is 0.218 e. The highest BCUT2D eigenvalue weighted by molar-refractivity contribution is 5.64. The van der Waals surface area contributed by atoms with Crippen LogP contribution in [-0.2, 0) is 7.05 Å². The zero-order valence-electron chi connectivity index (χ0n) is 7.98. The van der Waals surface area contributed by atoms with Crippen LogP contribution >= 0.6 is 0 Å². The summed E-state index contributed by atoms with van der Waals surface area (Å²) in [6.45, 7) is 0. The molecule has 0 saturated carbocycles. The normalized spacial score (nSPS) is 10.5. The Hall–Kier alpha value is -2.11.